The number of aromatic nitrogens is 1. The first kappa shape index (κ1) is 19.5. The zero-order chi connectivity index (χ0) is 19.7. The van der Waals surface area contributed by atoms with Gasteiger partial charge in [0.1, 0.15) is 5.69 Å². The van der Waals surface area contributed by atoms with Crippen molar-refractivity contribution in [3.05, 3.63) is 63.2 Å². The van der Waals surface area contributed by atoms with E-state index in [0.717, 1.165) is 20.9 Å². The number of carbonyl (C=O) groups excluding carboxylic acids is 2. The highest BCUT2D eigenvalue weighted by molar-refractivity contribution is 9.10. The zero-order valence-corrected chi connectivity index (χ0v) is 17.6. The molecule has 5 nitrogen and oxygen atoms in total. The standard InChI is InChI=1S/C20H19BrClN3O2/c1-12-10-13(21)8-9-15(12)23-17(26)11-24(2)20(27)19-18(22)14-6-4-5-7-16(14)25(19)3/h4-10H,11H2,1-3H3,(H,23,26). The first-order chi connectivity index (χ1) is 12.8. The number of fused-ring (bicyclic) bond motifs is 1. The van der Waals surface area contributed by atoms with Crippen molar-refractivity contribution >= 4 is 55.9 Å². The van der Waals surface area contributed by atoms with E-state index < -0.39 is 0 Å². The molecule has 1 aromatic heterocycles. The number of aryl methyl sites for hydroxylation is 2. The Kier molecular flexibility index (Phi) is 5.58. The number of hydrogen-bond acceptors (Lipinski definition) is 2. The summed E-state index contributed by atoms with van der Waals surface area (Å²) in [4.78, 5) is 26.6. The molecule has 3 aromatic rings. The normalized spacial score (nSPS) is 10.9. The van der Waals surface area contributed by atoms with Crippen LogP contribution in [-0.4, -0.2) is 34.9 Å². The smallest absolute Gasteiger partial charge is 0.272 e. The van der Waals surface area contributed by atoms with Crippen LogP contribution in [0.25, 0.3) is 10.9 Å². The van der Waals surface area contributed by atoms with Crippen molar-refractivity contribution in [3.8, 4) is 0 Å². The Morgan fingerprint density at radius 3 is 2.59 bits per heavy atom. The molecule has 27 heavy (non-hydrogen) atoms. The Balaban J connectivity index is 1.77. The van der Waals surface area contributed by atoms with Gasteiger partial charge in [-0.3, -0.25) is 9.59 Å². The number of anilines is 1. The summed E-state index contributed by atoms with van der Waals surface area (Å²) >= 11 is 9.83. The van der Waals surface area contributed by atoms with Crippen molar-refractivity contribution in [2.24, 2.45) is 7.05 Å². The molecule has 0 atom stereocenters. The molecule has 0 bridgehead atoms. The zero-order valence-electron chi connectivity index (χ0n) is 15.2. The van der Waals surface area contributed by atoms with Gasteiger partial charge >= 0.3 is 0 Å². The lowest BCUT2D eigenvalue weighted by atomic mass is 10.2. The van der Waals surface area contributed by atoms with Gasteiger partial charge in [-0.25, -0.2) is 0 Å². The first-order valence-electron chi connectivity index (χ1n) is 8.34. The molecule has 7 heteroatoms. The maximum absolute atomic E-state index is 12.9. The van der Waals surface area contributed by atoms with Crippen molar-refractivity contribution in [1.82, 2.24) is 9.47 Å². The van der Waals surface area contributed by atoms with Gasteiger partial charge in [-0.05, 0) is 36.8 Å². The number of benzene rings is 2. The van der Waals surface area contributed by atoms with Gasteiger partial charge in [0.25, 0.3) is 5.91 Å². The lowest BCUT2D eigenvalue weighted by Crippen LogP contribution is -2.36. The van der Waals surface area contributed by atoms with Gasteiger partial charge in [0, 0.05) is 35.2 Å². The van der Waals surface area contributed by atoms with Crippen LogP contribution in [0.2, 0.25) is 5.02 Å². The van der Waals surface area contributed by atoms with E-state index in [9.17, 15) is 9.59 Å². The third-order valence-corrected chi connectivity index (χ3v) is 5.31. The molecule has 0 spiro atoms. The molecule has 2 aromatic carbocycles. The van der Waals surface area contributed by atoms with E-state index >= 15 is 0 Å². The lowest BCUT2D eigenvalue weighted by molar-refractivity contribution is -0.116. The van der Waals surface area contributed by atoms with Crippen LogP contribution in [0.1, 0.15) is 16.1 Å². The minimum Gasteiger partial charge on any atom is -0.338 e. The number of hydrogen-bond donors (Lipinski definition) is 1. The molecular weight excluding hydrogens is 430 g/mol. The second-order valence-electron chi connectivity index (χ2n) is 6.41. The average molecular weight is 449 g/mol. The first-order valence-corrected chi connectivity index (χ1v) is 9.51. The fraction of sp³-hybridized carbons (Fsp3) is 0.200. The van der Waals surface area contributed by atoms with E-state index in [2.05, 4.69) is 21.2 Å². The molecule has 0 aliphatic heterocycles. The summed E-state index contributed by atoms with van der Waals surface area (Å²) in [6.45, 7) is 1.83. The fourth-order valence-electron chi connectivity index (χ4n) is 3.01. The fourth-order valence-corrected chi connectivity index (χ4v) is 3.85. The third-order valence-electron chi connectivity index (χ3n) is 4.44. The molecular formula is C20H19BrClN3O2. The lowest BCUT2D eigenvalue weighted by Gasteiger charge is -2.18. The van der Waals surface area contributed by atoms with Crippen LogP contribution in [0.5, 0.6) is 0 Å². The Labute approximate surface area is 171 Å². The molecule has 0 aliphatic rings. The van der Waals surface area contributed by atoms with Crippen molar-refractivity contribution in [2.45, 2.75) is 6.92 Å². The van der Waals surface area contributed by atoms with Gasteiger partial charge in [-0.1, -0.05) is 45.7 Å². The van der Waals surface area contributed by atoms with Crippen LogP contribution in [0.15, 0.2) is 46.9 Å². The molecule has 0 aliphatic carbocycles. The highest BCUT2D eigenvalue weighted by Gasteiger charge is 2.23. The highest BCUT2D eigenvalue weighted by atomic mass is 79.9. The number of likely N-dealkylation sites (N-methyl/N-ethyl adjacent to an activating group) is 1. The van der Waals surface area contributed by atoms with Crippen LogP contribution in [-0.2, 0) is 11.8 Å². The summed E-state index contributed by atoms with van der Waals surface area (Å²) in [5.74, 6) is -0.576. The number of carbonyl (C=O) groups is 2. The second-order valence-corrected chi connectivity index (χ2v) is 7.70. The van der Waals surface area contributed by atoms with Gasteiger partial charge in [0.15, 0.2) is 0 Å². The highest BCUT2D eigenvalue weighted by Crippen LogP contribution is 2.30. The molecule has 1 N–H and O–H groups in total. The molecule has 140 valence electrons. The van der Waals surface area contributed by atoms with Crippen molar-refractivity contribution in [3.63, 3.8) is 0 Å². The van der Waals surface area contributed by atoms with E-state index in [4.69, 9.17) is 11.6 Å². The number of para-hydroxylation sites is 1. The van der Waals surface area contributed by atoms with Crippen LogP contribution < -0.4 is 5.32 Å². The van der Waals surface area contributed by atoms with Gasteiger partial charge in [-0.2, -0.15) is 0 Å². The number of amides is 2. The Hall–Kier alpha value is -2.31. The maximum atomic E-state index is 12.9. The van der Waals surface area contributed by atoms with Crippen molar-refractivity contribution in [2.75, 3.05) is 18.9 Å². The molecule has 0 saturated heterocycles. The van der Waals surface area contributed by atoms with Gasteiger partial charge in [-0.15, -0.1) is 0 Å². The second kappa shape index (κ2) is 7.74. The Morgan fingerprint density at radius 1 is 1.22 bits per heavy atom. The van der Waals surface area contributed by atoms with Crippen LogP contribution in [0, 0.1) is 6.92 Å². The van der Waals surface area contributed by atoms with Crippen LogP contribution >= 0.6 is 27.5 Å². The van der Waals surface area contributed by atoms with Crippen LogP contribution in [0.3, 0.4) is 0 Å². The Morgan fingerprint density at radius 2 is 1.93 bits per heavy atom. The molecule has 3 rings (SSSR count). The summed E-state index contributed by atoms with van der Waals surface area (Å²) in [5.41, 5.74) is 2.89. The molecule has 1 heterocycles. The quantitative estimate of drug-likeness (QED) is 0.633. The predicted octanol–water partition coefficient (Wildman–Crippen LogP) is 4.61. The topological polar surface area (TPSA) is 54.3 Å². The van der Waals surface area contributed by atoms with E-state index in [1.165, 1.54) is 4.90 Å². The van der Waals surface area contributed by atoms with Gasteiger partial charge in [0.2, 0.25) is 5.91 Å². The summed E-state index contributed by atoms with van der Waals surface area (Å²) < 4.78 is 2.70. The van der Waals surface area contributed by atoms with E-state index in [1.54, 1.807) is 18.7 Å². The summed E-state index contributed by atoms with van der Waals surface area (Å²) in [5, 5.41) is 4.05. The van der Waals surface area contributed by atoms with E-state index in [1.807, 2.05) is 49.4 Å². The van der Waals surface area contributed by atoms with Crippen molar-refractivity contribution in [1.29, 1.82) is 0 Å². The average Bonchev–Trinajstić information content (AvgIpc) is 2.88. The summed E-state index contributed by atoms with van der Waals surface area (Å²) in [6, 6.07) is 13.1. The SMILES string of the molecule is Cc1cc(Br)ccc1NC(=O)CN(C)C(=O)c1c(Cl)c2ccccc2n1C. The largest absolute Gasteiger partial charge is 0.338 e. The molecule has 0 radical (unpaired) electrons. The predicted molar refractivity (Wildman–Crippen MR) is 112 cm³/mol. The van der Waals surface area contributed by atoms with E-state index in [-0.39, 0.29) is 18.4 Å². The maximum Gasteiger partial charge on any atom is 0.272 e. The number of nitrogens with zero attached hydrogens (tertiary/aromatic N) is 2. The van der Waals surface area contributed by atoms with Crippen molar-refractivity contribution < 1.29 is 9.59 Å². The Bertz CT molecular complexity index is 1010. The number of nitrogens with one attached hydrogen (secondary N) is 1. The minimum atomic E-state index is -0.304. The number of halogens is 2. The number of rotatable bonds is 4. The molecule has 0 saturated carbocycles. The molecule has 2 amide bonds. The molecule has 0 fully saturated rings. The summed E-state index contributed by atoms with van der Waals surface area (Å²) in [6.07, 6.45) is 0. The van der Waals surface area contributed by atoms with E-state index in [0.29, 0.717) is 16.4 Å². The minimum absolute atomic E-state index is 0.0772. The monoisotopic (exact) mass is 447 g/mol. The van der Waals surface area contributed by atoms with Crippen LogP contribution in [0.4, 0.5) is 5.69 Å². The summed E-state index contributed by atoms with van der Waals surface area (Å²) in [7, 11) is 3.38. The van der Waals surface area contributed by atoms with Gasteiger partial charge in [0.05, 0.1) is 11.6 Å². The third kappa shape index (κ3) is 3.87. The van der Waals surface area contributed by atoms with Gasteiger partial charge < -0.3 is 14.8 Å². The molecule has 0 unspecified atom stereocenters.